The molecule has 0 spiro atoms. The van der Waals surface area contributed by atoms with Gasteiger partial charge in [-0.25, -0.2) is 0 Å². The first-order valence-electron chi connectivity index (χ1n) is 11.2. The van der Waals surface area contributed by atoms with Crippen molar-refractivity contribution in [3.05, 3.63) is 53.6 Å². The van der Waals surface area contributed by atoms with Gasteiger partial charge < -0.3 is 20.1 Å². The van der Waals surface area contributed by atoms with Crippen LogP contribution in [-0.4, -0.2) is 86.3 Å². The standard InChI is InChI=1S/C25H34N4O4/c1-19-7-6-8-20(2)25(19)26-24(32)17-28-13-11-27(12-14-28)15-21(31)16-29(18-30)22-9-4-5-10-23(22)33-3/h4-10,18,21,31H,11-17H2,1-3H3,(H,26,32). The van der Waals surface area contributed by atoms with Crippen molar-refractivity contribution in [2.75, 3.05) is 63.1 Å². The first-order chi connectivity index (χ1) is 15.9. The predicted molar refractivity (Wildman–Crippen MR) is 130 cm³/mol. The third kappa shape index (κ3) is 6.77. The number of methoxy groups -OCH3 is 1. The van der Waals surface area contributed by atoms with Crippen LogP contribution in [0, 0.1) is 13.8 Å². The Morgan fingerprint density at radius 3 is 2.36 bits per heavy atom. The number of ether oxygens (including phenoxy) is 1. The fraction of sp³-hybridized carbons (Fsp3) is 0.440. The van der Waals surface area contributed by atoms with Crippen LogP contribution in [0.1, 0.15) is 11.1 Å². The normalized spacial score (nSPS) is 15.6. The summed E-state index contributed by atoms with van der Waals surface area (Å²) >= 11 is 0. The van der Waals surface area contributed by atoms with Crippen LogP contribution in [0.4, 0.5) is 11.4 Å². The molecule has 2 amide bonds. The summed E-state index contributed by atoms with van der Waals surface area (Å²) in [4.78, 5) is 29.9. The maximum atomic E-state index is 12.5. The number of para-hydroxylation sites is 3. The fourth-order valence-electron chi connectivity index (χ4n) is 4.17. The molecule has 1 unspecified atom stereocenters. The minimum Gasteiger partial charge on any atom is -0.495 e. The highest BCUT2D eigenvalue weighted by Crippen LogP contribution is 2.27. The van der Waals surface area contributed by atoms with E-state index in [1.807, 2.05) is 44.2 Å². The minimum absolute atomic E-state index is 0.0145. The average Bonchev–Trinajstić information content (AvgIpc) is 2.81. The number of carbonyl (C=O) groups is 2. The molecule has 0 bridgehead atoms. The molecule has 0 aliphatic carbocycles. The molecule has 2 aromatic rings. The lowest BCUT2D eigenvalue weighted by Gasteiger charge is -2.35. The van der Waals surface area contributed by atoms with Crippen molar-refractivity contribution in [1.82, 2.24) is 9.80 Å². The molecule has 1 saturated heterocycles. The summed E-state index contributed by atoms with van der Waals surface area (Å²) in [5.41, 5.74) is 3.63. The van der Waals surface area contributed by atoms with Gasteiger partial charge in [-0.1, -0.05) is 30.3 Å². The minimum atomic E-state index is -0.695. The van der Waals surface area contributed by atoms with Gasteiger partial charge >= 0.3 is 0 Å². The number of aliphatic hydroxyl groups excluding tert-OH is 1. The summed E-state index contributed by atoms with van der Waals surface area (Å²) in [6.07, 6.45) is 0.0207. The molecule has 33 heavy (non-hydrogen) atoms. The highest BCUT2D eigenvalue weighted by Gasteiger charge is 2.23. The lowest BCUT2D eigenvalue weighted by atomic mass is 10.1. The Morgan fingerprint density at radius 2 is 1.73 bits per heavy atom. The molecule has 0 saturated carbocycles. The first kappa shape index (κ1) is 24.7. The maximum absolute atomic E-state index is 12.5. The van der Waals surface area contributed by atoms with Gasteiger partial charge in [0.05, 0.1) is 32.0 Å². The van der Waals surface area contributed by atoms with E-state index in [2.05, 4.69) is 15.1 Å². The van der Waals surface area contributed by atoms with E-state index >= 15 is 0 Å². The largest absolute Gasteiger partial charge is 0.495 e. The van der Waals surface area contributed by atoms with Gasteiger partial charge in [-0.2, -0.15) is 0 Å². The number of aliphatic hydroxyl groups is 1. The lowest BCUT2D eigenvalue weighted by molar-refractivity contribution is -0.117. The van der Waals surface area contributed by atoms with E-state index in [1.54, 1.807) is 19.2 Å². The van der Waals surface area contributed by atoms with E-state index in [4.69, 9.17) is 4.74 Å². The van der Waals surface area contributed by atoms with Crippen molar-refractivity contribution in [1.29, 1.82) is 0 Å². The molecule has 1 heterocycles. The summed E-state index contributed by atoms with van der Waals surface area (Å²) in [7, 11) is 1.56. The number of carbonyl (C=O) groups excluding carboxylic acids is 2. The number of hydrogen-bond donors (Lipinski definition) is 2. The van der Waals surface area contributed by atoms with E-state index in [0.717, 1.165) is 43.0 Å². The summed E-state index contributed by atoms with van der Waals surface area (Å²) < 4.78 is 5.32. The summed E-state index contributed by atoms with van der Waals surface area (Å²) in [5.74, 6) is 0.573. The second-order valence-electron chi connectivity index (χ2n) is 8.48. The Labute approximate surface area is 195 Å². The third-order valence-electron chi connectivity index (χ3n) is 5.98. The number of aryl methyl sites for hydroxylation is 2. The lowest BCUT2D eigenvalue weighted by Crippen LogP contribution is -2.51. The van der Waals surface area contributed by atoms with Crippen LogP contribution in [0.25, 0.3) is 0 Å². The second-order valence-corrected chi connectivity index (χ2v) is 8.48. The van der Waals surface area contributed by atoms with E-state index in [1.165, 1.54) is 4.90 Å². The Hall–Kier alpha value is -2.94. The molecule has 0 radical (unpaired) electrons. The molecule has 178 valence electrons. The van der Waals surface area contributed by atoms with Crippen LogP contribution < -0.4 is 15.0 Å². The van der Waals surface area contributed by atoms with Crippen LogP contribution in [0.15, 0.2) is 42.5 Å². The van der Waals surface area contributed by atoms with Gasteiger partial charge in [-0.05, 0) is 37.1 Å². The van der Waals surface area contributed by atoms with Crippen LogP contribution in [0.5, 0.6) is 5.75 Å². The summed E-state index contributed by atoms with van der Waals surface area (Å²) in [6.45, 7) is 7.97. The number of benzene rings is 2. The molecule has 8 heteroatoms. The molecule has 1 fully saturated rings. The zero-order valence-corrected chi connectivity index (χ0v) is 19.7. The molecular weight excluding hydrogens is 420 g/mol. The predicted octanol–water partition coefficient (Wildman–Crippen LogP) is 1.89. The fourth-order valence-corrected chi connectivity index (χ4v) is 4.17. The van der Waals surface area contributed by atoms with Crippen molar-refractivity contribution >= 4 is 23.7 Å². The number of nitrogens with zero attached hydrogens (tertiary/aromatic N) is 3. The van der Waals surface area contributed by atoms with Crippen molar-refractivity contribution in [3.8, 4) is 5.75 Å². The Balaban J connectivity index is 1.45. The topological polar surface area (TPSA) is 85.3 Å². The zero-order chi connectivity index (χ0) is 23.8. The van der Waals surface area contributed by atoms with Crippen molar-refractivity contribution in [3.63, 3.8) is 0 Å². The maximum Gasteiger partial charge on any atom is 0.238 e. The Morgan fingerprint density at radius 1 is 1.09 bits per heavy atom. The molecule has 1 aliphatic rings. The smallest absolute Gasteiger partial charge is 0.238 e. The number of anilines is 2. The quantitative estimate of drug-likeness (QED) is 0.534. The molecule has 2 aromatic carbocycles. The van der Waals surface area contributed by atoms with Gasteiger partial charge in [0.15, 0.2) is 0 Å². The molecule has 8 nitrogen and oxygen atoms in total. The summed E-state index contributed by atoms with van der Waals surface area (Å²) in [5, 5.41) is 13.6. The molecule has 1 atom stereocenters. The van der Waals surface area contributed by atoms with Gasteiger partial charge in [-0.15, -0.1) is 0 Å². The van der Waals surface area contributed by atoms with Crippen molar-refractivity contribution in [2.45, 2.75) is 20.0 Å². The second kappa shape index (κ2) is 11.8. The molecule has 3 rings (SSSR count). The van der Waals surface area contributed by atoms with E-state index < -0.39 is 6.10 Å². The van der Waals surface area contributed by atoms with Crippen molar-refractivity contribution in [2.24, 2.45) is 0 Å². The number of piperazine rings is 1. The molecular formula is C25H34N4O4. The Kier molecular flexibility index (Phi) is 8.82. The number of rotatable bonds is 10. The number of amides is 2. The van der Waals surface area contributed by atoms with Gasteiger partial charge in [-0.3, -0.25) is 19.4 Å². The number of hydrogen-bond acceptors (Lipinski definition) is 6. The highest BCUT2D eigenvalue weighted by atomic mass is 16.5. The van der Waals surface area contributed by atoms with Gasteiger partial charge in [0, 0.05) is 38.4 Å². The molecule has 1 aliphatic heterocycles. The van der Waals surface area contributed by atoms with Crippen LogP contribution in [-0.2, 0) is 9.59 Å². The zero-order valence-electron chi connectivity index (χ0n) is 19.7. The van der Waals surface area contributed by atoms with Crippen LogP contribution in [0.3, 0.4) is 0 Å². The molecule has 0 aromatic heterocycles. The Bertz CT molecular complexity index is 924. The highest BCUT2D eigenvalue weighted by molar-refractivity contribution is 5.93. The van der Waals surface area contributed by atoms with E-state index in [9.17, 15) is 14.7 Å². The number of nitrogens with one attached hydrogen (secondary N) is 1. The van der Waals surface area contributed by atoms with Gasteiger partial charge in [0.25, 0.3) is 0 Å². The van der Waals surface area contributed by atoms with E-state index in [-0.39, 0.29) is 12.5 Å². The first-order valence-corrected chi connectivity index (χ1v) is 11.2. The van der Waals surface area contributed by atoms with Gasteiger partial charge in [0.2, 0.25) is 12.3 Å². The van der Waals surface area contributed by atoms with Gasteiger partial charge in [0.1, 0.15) is 5.75 Å². The number of β-amino-alcohol motifs (C(OH)–C–C–N with tert-alkyl or cyclic N) is 1. The van der Waals surface area contributed by atoms with Crippen LogP contribution in [0.2, 0.25) is 0 Å². The molecule has 2 N–H and O–H groups in total. The average molecular weight is 455 g/mol. The van der Waals surface area contributed by atoms with E-state index in [0.29, 0.717) is 30.9 Å². The van der Waals surface area contributed by atoms with Crippen molar-refractivity contribution < 1.29 is 19.4 Å². The summed E-state index contributed by atoms with van der Waals surface area (Å²) in [6, 6.07) is 13.2. The van der Waals surface area contributed by atoms with Crippen LogP contribution >= 0.6 is 0 Å². The third-order valence-corrected chi connectivity index (χ3v) is 5.98. The monoisotopic (exact) mass is 454 g/mol. The SMILES string of the molecule is COc1ccccc1N(C=O)CC(O)CN1CCN(CC(=O)Nc2c(C)cccc2C)CC1.